The van der Waals surface area contributed by atoms with Crippen LogP contribution in [-0.2, 0) is 6.54 Å². The van der Waals surface area contributed by atoms with E-state index in [-0.39, 0.29) is 0 Å². The summed E-state index contributed by atoms with van der Waals surface area (Å²) >= 11 is 6.15. The van der Waals surface area contributed by atoms with Gasteiger partial charge in [-0.15, -0.1) is 0 Å². The molecule has 0 aliphatic carbocycles. The van der Waals surface area contributed by atoms with Crippen molar-refractivity contribution in [3.05, 3.63) is 29.0 Å². The number of rotatable bonds is 3. The molecule has 3 nitrogen and oxygen atoms in total. The van der Waals surface area contributed by atoms with Crippen molar-refractivity contribution in [3.8, 4) is 0 Å². The van der Waals surface area contributed by atoms with E-state index in [2.05, 4.69) is 20.9 Å². The lowest BCUT2D eigenvalue weighted by atomic mass is 9.99. The summed E-state index contributed by atoms with van der Waals surface area (Å²) in [7, 11) is 0. The third-order valence-corrected chi connectivity index (χ3v) is 5.03. The predicted molar refractivity (Wildman–Crippen MR) is 83.0 cm³/mol. The molecule has 0 atom stereocenters. The topological polar surface area (TPSA) is 19.4 Å². The molecule has 2 saturated heterocycles. The summed E-state index contributed by atoms with van der Waals surface area (Å²) < 4.78 is 0. The van der Waals surface area contributed by atoms with Gasteiger partial charge in [0.05, 0.1) is 0 Å². The second-order valence-corrected chi connectivity index (χ2v) is 6.42. The number of nitrogens with zero attached hydrogens (tertiary/aromatic N) is 3. The summed E-state index contributed by atoms with van der Waals surface area (Å²) in [6, 6.07) is 4.88. The molecule has 0 N–H and O–H groups in total. The van der Waals surface area contributed by atoms with Gasteiger partial charge in [-0.2, -0.15) is 0 Å². The number of aromatic nitrogens is 1. The van der Waals surface area contributed by atoms with Crippen molar-refractivity contribution in [2.45, 2.75) is 44.7 Å². The summed E-state index contributed by atoms with van der Waals surface area (Å²) in [6.07, 6.45) is 8.58. The Kier molecular flexibility index (Phi) is 4.92. The first-order chi connectivity index (χ1) is 9.83. The van der Waals surface area contributed by atoms with Crippen LogP contribution in [0, 0.1) is 0 Å². The smallest absolute Gasteiger partial charge is 0.133 e. The van der Waals surface area contributed by atoms with E-state index in [1.807, 2.05) is 6.07 Å². The molecule has 2 fully saturated rings. The highest BCUT2D eigenvalue weighted by molar-refractivity contribution is 6.30. The Morgan fingerprint density at radius 1 is 1.10 bits per heavy atom. The first kappa shape index (κ1) is 14.3. The molecule has 110 valence electrons. The maximum Gasteiger partial charge on any atom is 0.133 e. The van der Waals surface area contributed by atoms with Crippen LogP contribution in [0.5, 0.6) is 0 Å². The van der Waals surface area contributed by atoms with Gasteiger partial charge in [0.2, 0.25) is 0 Å². The van der Waals surface area contributed by atoms with Gasteiger partial charge in [0, 0.05) is 24.3 Å². The zero-order chi connectivity index (χ0) is 13.8. The minimum Gasteiger partial charge on any atom is -0.300 e. The van der Waals surface area contributed by atoms with Crippen molar-refractivity contribution in [2.75, 3.05) is 26.2 Å². The summed E-state index contributed by atoms with van der Waals surface area (Å²) in [5, 5.41) is 0.658. The largest absolute Gasteiger partial charge is 0.300 e. The molecule has 0 radical (unpaired) electrons. The van der Waals surface area contributed by atoms with Crippen molar-refractivity contribution in [3.63, 3.8) is 0 Å². The Morgan fingerprint density at radius 3 is 2.55 bits per heavy atom. The average molecular weight is 294 g/mol. The van der Waals surface area contributed by atoms with E-state index >= 15 is 0 Å². The lowest BCUT2D eigenvalue weighted by Gasteiger charge is -2.40. The van der Waals surface area contributed by atoms with Crippen molar-refractivity contribution >= 4 is 11.6 Å². The van der Waals surface area contributed by atoms with Gasteiger partial charge in [-0.25, -0.2) is 4.98 Å². The first-order valence-electron chi connectivity index (χ1n) is 7.89. The molecule has 20 heavy (non-hydrogen) atoms. The monoisotopic (exact) mass is 293 g/mol. The third-order valence-electron chi connectivity index (χ3n) is 4.69. The van der Waals surface area contributed by atoms with E-state index in [0.29, 0.717) is 5.15 Å². The van der Waals surface area contributed by atoms with E-state index < -0.39 is 0 Å². The molecule has 2 aliphatic heterocycles. The van der Waals surface area contributed by atoms with E-state index in [4.69, 9.17) is 11.6 Å². The van der Waals surface area contributed by atoms with Gasteiger partial charge < -0.3 is 4.90 Å². The van der Waals surface area contributed by atoms with Gasteiger partial charge in [0.25, 0.3) is 0 Å². The molecule has 3 rings (SSSR count). The lowest BCUT2D eigenvalue weighted by Crippen LogP contribution is -2.46. The number of pyridine rings is 1. The van der Waals surface area contributed by atoms with Gasteiger partial charge in [-0.1, -0.05) is 24.1 Å². The van der Waals surface area contributed by atoms with Crippen LogP contribution < -0.4 is 0 Å². The molecule has 0 saturated carbocycles. The molecule has 1 aromatic rings. The fourth-order valence-electron chi connectivity index (χ4n) is 3.50. The van der Waals surface area contributed by atoms with Crippen LogP contribution in [0.2, 0.25) is 5.15 Å². The van der Waals surface area contributed by atoms with Gasteiger partial charge in [-0.05, 0) is 57.9 Å². The molecule has 0 spiro atoms. The van der Waals surface area contributed by atoms with Crippen LogP contribution >= 0.6 is 11.6 Å². The van der Waals surface area contributed by atoms with Crippen LogP contribution in [0.3, 0.4) is 0 Å². The number of likely N-dealkylation sites (tertiary alicyclic amines) is 2. The standard InChI is InChI=1S/C16H24ClN3/c17-16-14(5-4-8-18-16)13-19-11-6-15(7-12-19)20-9-2-1-3-10-20/h4-5,8,15H,1-3,6-7,9-13H2. The van der Waals surface area contributed by atoms with E-state index in [9.17, 15) is 0 Å². The first-order valence-corrected chi connectivity index (χ1v) is 8.26. The minimum atomic E-state index is 0.658. The summed E-state index contributed by atoms with van der Waals surface area (Å²) in [5.74, 6) is 0. The van der Waals surface area contributed by atoms with E-state index in [1.165, 1.54) is 58.3 Å². The molecule has 0 unspecified atom stereocenters. The van der Waals surface area contributed by atoms with Gasteiger partial charge in [0.1, 0.15) is 5.15 Å². The van der Waals surface area contributed by atoms with Crippen LogP contribution in [0.25, 0.3) is 0 Å². The highest BCUT2D eigenvalue weighted by Gasteiger charge is 2.25. The van der Waals surface area contributed by atoms with Gasteiger partial charge >= 0.3 is 0 Å². The molecule has 0 aromatic carbocycles. The highest BCUT2D eigenvalue weighted by Crippen LogP contribution is 2.23. The number of hydrogen-bond donors (Lipinski definition) is 0. The van der Waals surface area contributed by atoms with Gasteiger partial charge in [0.15, 0.2) is 0 Å². The molecule has 0 amide bonds. The summed E-state index contributed by atoms with van der Waals surface area (Å²) in [6.45, 7) is 5.95. The quantitative estimate of drug-likeness (QED) is 0.798. The molecule has 2 aliphatic rings. The maximum absolute atomic E-state index is 6.15. The summed E-state index contributed by atoms with van der Waals surface area (Å²) in [4.78, 5) is 9.40. The summed E-state index contributed by atoms with van der Waals surface area (Å²) in [5.41, 5.74) is 1.16. The fourth-order valence-corrected chi connectivity index (χ4v) is 3.68. The second kappa shape index (κ2) is 6.88. The van der Waals surface area contributed by atoms with Crippen LogP contribution in [-0.4, -0.2) is 47.0 Å². The maximum atomic E-state index is 6.15. The number of hydrogen-bond acceptors (Lipinski definition) is 3. The lowest BCUT2D eigenvalue weighted by molar-refractivity contribution is 0.0896. The van der Waals surface area contributed by atoms with Crippen LogP contribution in [0.15, 0.2) is 18.3 Å². The fraction of sp³-hybridized carbons (Fsp3) is 0.688. The minimum absolute atomic E-state index is 0.658. The third kappa shape index (κ3) is 3.51. The van der Waals surface area contributed by atoms with Crippen LogP contribution in [0.1, 0.15) is 37.7 Å². The van der Waals surface area contributed by atoms with Crippen LogP contribution in [0.4, 0.5) is 0 Å². The zero-order valence-electron chi connectivity index (χ0n) is 12.1. The Balaban J connectivity index is 1.50. The normalized spacial score (nSPS) is 23.1. The van der Waals surface area contributed by atoms with E-state index in [1.54, 1.807) is 6.20 Å². The molecule has 0 bridgehead atoms. The van der Waals surface area contributed by atoms with E-state index in [0.717, 1.165) is 18.2 Å². The number of halogens is 1. The van der Waals surface area contributed by atoms with Crippen molar-refractivity contribution in [1.82, 2.24) is 14.8 Å². The van der Waals surface area contributed by atoms with Crippen molar-refractivity contribution < 1.29 is 0 Å². The van der Waals surface area contributed by atoms with Crippen molar-refractivity contribution in [1.29, 1.82) is 0 Å². The molecular weight excluding hydrogens is 270 g/mol. The van der Waals surface area contributed by atoms with Gasteiger partial charge in [-0.3, -0.25) is 4.90 Å². The predicted octanol–water partition coefficient (Wildman–Crippen LogP) is 3.19. The number of piperidine rings is 2. The Labute approximate surface area is 126 Å². The second-order valence-electron chi connectivity index (χ2n) is 6.06. The molecule has 3 heterocycles. The molecule has 1 aromatic heterocycles. The SMILES string of the molecule is Clc1ncccc1CN1CCC(N2CCCCC2)CC1. The highest BCUT2D eigenvalue weighted by atomic mass is 35.5. The average Bonchev–Trinajstić information content (AvgIpc) is 2.51. The molecular formula is C16H24ClN3. The zero-order valence-corrected chi connectivity index (χ0v) is 12.9. The Morgan fingerprint density at radius 2 is 1.85 bits per heavy atom. The Hall–Kier alpha value is -0.640. The molecule has 4 heteroatoms. The van der Waals surface area contributed by atoms with Crippen molar-refractivity contribution in [2.24, 2.45) is 0 Å². The Bertz CT molecular complexity index is 423.